The lowest BCUT2D eigenvalue weighted by Gasteiger charge is -2.08. The molecular weight excluding hydrogens is 458 g/mol. The summed E-state index contributed by atoms with van der Waals surface area (Å²) in [4.78, 5) is 25.2. The summed E-state index contributed by atoms with van der Waals surface area (Å²) in [6.45, 7) is 1.64. The molecule has 0 aliphatic rings. The summed E-state index contributed by atoms with van der Waals surface area (Å²) in [5.74, 6) is -0.150. The fraction of sp³-hybridized carbons (Fsp3) is 0.0417. The number of sulfonamides is 1. The van der Waals surface area contributed by atoms with Gasteiger partial charge in [-0.2, -0.15) is 0 Å². The van der Waals surface area contributed by atoms with E-state index in [9.17, 15) is 18.0 Å². The molecule has 0 unspecified atom stereocenters. The average Bonchev–Trinajstić information content (AvgIpc) is 3.22. The maximum Gasteiger partial charge on any atom is 0.349 e. The van der Waals surface area contributed by atoms with Crippen LogP contribution in [0.1, 0.15) is 16.1 Å². The first kappa shape index (κ1) is 21.4. The van der Waals surface area contributed by atoms with Crippen molar-refractivity contribution in [2.75, 3.05) is 10.0 Å². The van der Waals surface area contributed by atoms with Crippen LogP contribution >= 0.6 is 0 Å². The molecule has 0 fully saturated rings. The van der Waals surface area contributed by atoms with Crippen LogP contribution in [0.4, 0.5) is 11.5 Å². The molecule has 0 aliphatic heterocycles. The van der Waals surface area contributed by atoms with Crippen molar-refractivity contribution in [3.8, 4) is 0 Å². The van der Waals surface area contributed by atoms with Crippen molar-refractivity contribution in [2.45, 2.75) is 11.8 Å². The number of aryl methyl sites for hydroxylation is 1. The third-order valence-corrected chi connectivity index (χ3v) is 6.55. The van der Waals surface area contributed by atoms with Gasteiger partial charge in [0.25, 0.3) is 15.9 Å². The molecule has 2 aromatic heterocycles. The summed E-state index contributed by atoms with van der Waals surface area (Å²) in [6.07, 6.45) is 0. The molecule has 0 spiro atoms. The molecule has 2 N–H and O–H groups in total. The molecule has 10 heteroatoms. The van der Waals surface area contributed by atoms with Crippen LogP contribution in [0.2, 0.25) is 0 Å². The number of hydrogen-bond donors (Lipinski definition) is 2. The number of carbonyl (C=O) groups excluding carboxylic acids is 1. The largest absolute Gasteiger partial charge is 0.422 e. The van der Waals surface area contributed by atoms with Crippen LogP contribution in [0.15, 0.2) is 91.4 Å². The van der Waals surface area contributed by atoms with Crippen LogP contribution < -0.4 is 15.7 Å². The Balaban J connectivity index is 1.40. The maximum atomic E-state index is 12.8. The van der Waals surface area contributed by atoms with Gasteiger partial charge in [-0.05, 0) is 54.1 Å². The third-order valence-electron chi connectivity index (χ3n) is 5.18. The Morgan fingerprint density at radius 1 is 0.941 bits per heavy atom. The van der Waals surface area contributed by atoms with Crippen molar-refractivity contribution < 1.29 is 22.2 Å². The summed E-state index contributed by atoms with van der Waals surface area (Å²) in [7, 11) is -3.90. The Kier molecular flexibility index (Phi) is 5.14. The second kappa shape index (κ2) is 8.16. The van der Waals surface area contributed by atoms with E-state index >= 15 is 0 Å². The van der Waals surface area contributed by atoms with Crippen molar-refractivity contribution in [1.29, 1.82) is 0 Å². The molecule has 0 atom stereocenters. The lowest BCUT2D eigenvalue weighted by molar-refractivity contribution is 0.102. The second-order valence-corrected chi connectivity index (χ2v) is 9.24. The van der Waals surface area contributed by atoms with Crippen molar-refractivity contribution >= 4 is 49.2 Å². The average molecular weight is 475 g/mol. The summed E-state index contributed by atoms with van der Waals surface area (Å²) in [5.41, 5.74) is -0.251. The predicted molar refractivity (Wildman–Crippen MR) is 126 cm³/mol. The minimum Gasteiger partial charge on any atom is -0.422 e. The Hall–Kier alpha value is -4.44. The highest BCUT2D eigenvalue weighted by molar-refractivity contribution is 7.92. The Morgan fingerprint density at radius 3 is 2.44 bits per heavy atom. The molecule has 5 rings (SSSR count). The van der Waals surface area contributed by atoms with E-state index in [0.29, 0.717) is 22.4 Å². The smallest absolute Gasteiger partial charge is 0.349 e. The first-order valence-electron chi connectivity index (χ1n) is 10.1. The number of rotatable bonds is 5. The van der Waals surface area contributed by atoms with Gasteiger partial charge in [-0.1, -0.05) is 35.5 Å². The number of amides is 1. The van der Waals surface area contributed by atoms with Gasteiger partial charge in [0, 0.05) is 17.1 Å². The number of nitrogens with zero attached hydrogens (tertiary/aromatic N) is 1. The lowest BCUT2D eigenvalue weighted by atomic mass is 10.0. The van der Waals surface area contributed by atoms with E-state index in [2.05, 4.69) is 15.2 Å². The zero-order valence-electron chi connectivity index (χ0n) is 17.7. The lowest BCUT2D eigenvalue weighted by Crippen LogP contribution is -2.20. The molecule has 0 bridgehead atoms. The maximum absolute atomic E-state index is 12.8. The molecule has 170 valence electrons. The van der Waals surface area contributed by atoms with Crippen molar-refractivity contribution in [3.63, 3.8) is 0 Å². The quantitative estimate of drug-likeness (QED) is 0.286. The summed E-state index contributed by atoms with van der Waals surface area (Å²) in [5, 5.41) is 8.64. The molecule has 34 heavy (non-hydrogen) atoms. The first-order valence-corrected chi connectivity index (χ1v) is 11.6. The Labute approximate surface area is 193 Å². The number of carbonyl (C=O) groups is 1. The van der Waals surface area contributed by atoms with Gasteiger partial charge in [-0.3, -0.25) is 9.52 Å². The number of anilines is 2. The van der Waals surface area contributed by atoms with Crippen molar-refractivity contribution in [1.82, 2.24) is 5.16 Å². The predicted octanol–water partition coefficient (Wildman–Crippen LogP) is 4.30. The zero-order chi connectivity index (χ0) is 23.9. The van der Waals surface area contributed by atoms with E-state index in [0.717, 1.165) is 10.8 Å². The fourth-order valence-corrected chi connectivity index (χ4v) is 4.54. The molecule has 3 aromatic carbocycles. The van der Waals surface area contributed by atoms with Gasteiger partial charge in [0.2, 0.25) is 0 Å². The van der Waals surface area contributed by atoms with E-state index in [-0.39, 0.29) is 16.3 Å². The molecule has 0 aliphatic carbocycles. The summed E-state index contributed by atoms with van der Waals surface area (Å²) >= 11 is 0. The summed E-state index contributed by atoms with van der Waals surface area (Å²) < 4.78 is 37.5. The van der Waals surface area contributed by atoms with E-state index in [4.69, 9.17) is 8.94 Å². The number of fused-ring (bicyclic) bond motifs is 3. The van der Waals surface area contributed by atoms with Gasteiger partial charge in [0.1, 0.15) is 16.9 Å². The van der Waals surface area contributed by atoms with Gasteiger partial charge in [0.05, 0.1) is 4.90 Å². The highest BCUT2D eigenvalue weighted by Gasteiger charge is 2.18. The first-order chi connectivity index (χ1) is 16.3. The van der Waals surface area contributed by atoms with E-state index < -0.39 is 21.6 Å². The molecule has 5 aromatic rings. The van der Waals surface area contributed by atoms with Gasteiger partial charge >= 0.3 is 5.63 Å². The minimum atomic E-state index is -3.90. The van der Waals surface area contributed by atoms with E-state index in [1.54, 1.807) is 13.0 Å². The van der Waals surface area contributed by atoms with Crippen LogP contribution in [0, 0.1) is 6.92 Å². The SMILES string of the molecule is Cc1cc(NS(=O)(=O)c2ccc(NC(=O)c3cc4c(ccc5ccccc54)oc3=O)cc2)no1. The van der Waals surface area contributed by atoms with Gasteiger partial charge < -0.3 is 14.3 Å². The van der Waals surface area contributed by atoms with Crippen molar-refractivity contribution in [2.24, 2.45) is 0 Å². The highest BCUT2D eigenvalue weighted by Crippen LogP contribution is 2.25. The van der Waals surface area contributed by atoms with Crippen LogP contribution in [0.5, 0.6) is 0 Å². The molecule has 0 saturated carbocycles. The van der Waals surface area contributed by atoms with Crippen LogP contribution in [0.3, 0.4) is 0 Å². The van der Waals surface area contributed by atoms with Gasteiger partial charge in [0.15, 0.2) is 5.82 Å². The molecule has 0 radical (unpaired) electrons. The van der Waals surface area contributed by atoms with E-state index in [1.807, 2.05) is 30.3 Å². The molecule has 0 saturated heterocycles. The number of aromatic nitrogens is 1. The Morgan fingerprint density at radius 2 is 1.71 bits per heavy atom. The van der Waals surface area contributed by atoms with Gasteiger partial charge in [-0.15, -0.1) is 0 Å². The monoisotopic (exact) mass is 475 g/mol. The summed E-state index contributed by atoms with van der Waals surface area (Å²) in [6, 6.07) is 19.5. The van der Waals surface area contributed by atoms with Crippen LogP contribution in [-0.4, -0.2) is 19.5 Å². The normalized spacial score (nSPS) is 11.6. The number of hydrogen-bond acceptors (Lipinski definition) is 7. The fourth-order valence-electron chi connectivity index (χ4n) is 3.56. The van der Waals surface area contributed by atoms with E-state index in [1.165, 1.54) is 36.4 Å². The van der Waals surface area contributed by atoms with Gasteiger partial charge in [-0.25, -0.2) is 13.2 Å². The standard InChI is InChI=1S/C24H17N3O6S/c1-14-12-22(26-33-14)27-34(30,31)17-9-7-16(8-10-17)25-23(28)20-13-19-18-5-3-2-4-15(18)6-11-21(19)32-24(20)29/h2-13H,1H3,(H,25,28)(H,26,27). The zero-order valence-corrected chi connectivity index (χ0v) is 18.5. The minimum absolute atomic E-state index is 0.0390. The molecule has 1 amide bonds. The van der Waals surface area contributed by atoms with Crippen molar-refractivity contribution in [3.05, 3.63) is 94.5 Å². The topological polar surface area (TPSA) is 132 Å². The Bertz CT molecular complexity index is 1720. The van der Waals surface area contributed by atoms with Crippen LogP contribution in [-0.2, 0) is 10.0 Å². The molecular formula is C24H17N3O6S. The number of benzene rings is 3. The third kappa shape index (κ3) is 4.02. The second-order valence-electron chi connectivity index (χ2n) is 7.55. The molecule has 9 nitrogen and oxygen atoms in total. The highest BCUT2D eigenvalue weighted by atomic mass is 32.2. The molecule has 2 heterocycles. The number of nitrogens with one attached hydrogen (secondary N) is 2. The van der Waals surface area contributed by atoms with Crippen LogP contribution in [0.25, 0.3) is 21.7 Å².